The summed E-state index contributed by atoms with van der Waals surface area (Å²) in [6.07, 6.45) is 0.165. The second-order valence-corrected chi connectivity index (χ2v) is 15.8. The Hall–Kier alpha value is -3.28. The number of carbonyl (C=O) groups is 3. The van der Waals surface area contributed by atoms with Crippen LogP contribution in [0.5, 0.6) is 0 Å². The summed E-state index contributed by atoms with van der Waals surface area (Å²) in [5, 5.41) is 9.79. The lowest BCUT2D eigenvalue weighted by Gasteiger charge is -2.31. The van der Waals surface area contributed by atoms with Crippen LogP contribution >= 0.6 is 0 Å². The molecule has 4 aliphatic rings. The fourth-order valence-electron chi connectivity index (χ4n) is 7.43. The number of anilines is 3. The van der Waals surface area contributed by atoms with E-state index in [9.17, 15) is 19.5 Å². The third kappa shape index (κ3) is 4.36. The molecule has 1 spiro atoms. The summed E-state index contributed by atoms with van der Waals surface area (Å²) in [5.74, 6) is -1.11. The Kier molecular flexibility index (Phi) is 6.94. The number of amides is 3. The van der Waals surface area contributed by atoms with E-state index in [2.05, 4.69) is 0 Å². The Morgan fingerprint density at radius 3 is 2.54 bits per heavy atom. The number of cyclic esters (lactones) is 1. The van der Waals surface area contributed by atoms with Crippen LogP contribution in [-0.2, 0) is 24.7 Å². The van der Waals surface area contributed by atoms with Crippen molar-refractivity contribution in [3.8, 4) is 0 Å². The largest absolute Gasteiger partial charge is 0.447 e. The van der Waals surface area contributed by atoms with E-state index in [4.69, 9.17) is 9.47 Å². The summed E-state index contributed by atoms with van der Waals surface area (Å²) in [4.78, 5) is 45.3. The van der Waals surface area contributed by atoms with Crippen LogP contribution in [0.15, 0.2) is 48.5 Å². The quantitative estimate of drug-likeness (QED) is 0.399. The molecule has 41 heavy (non-hydrogen) atoms. The van der Waals surface area contributed by atoms with Crippen molar-refractivity contribution in [1.82, 2.24) is 4.90 Å². The highest BCUT2D eigenvalue weighted by molar-refractivity contribution is 6.72. The molecule has 218 valence electrons. The van der Waals surface area contributed by atoms with Gasteiger partial charge in [0.25, 0.3) is 5.91 Å². The summed E-state index contributed by atoms with van der Waals surface area (Å²) in [5.41, 5.74) is 0.194. The SMILES string of the molecule is C[C@H]1[C@H]([Si](C)(C)F)[C@@H](CC(=O)N2CCC[C@H]2CO)O[C@]12C(=O)N(c1ccccc1)c1ccc(N3CCOC3=O)cc12. The number of benzene rings is 2. The van der Waals surface area contributed by atoms with E-state index in [0.29, 0.717) is 35.7 Å². The van der Waals surface area contributed by atoms with Crippen LogP contribution < -0.4 is 9.80 Å². The van der Waals surface area contributed by atoms with Gasteiger partial charge in [-0.2, -0.15) is 0 Å². The second-order valence-electron chi connectivity index (χ2n) is 12.0. The Labute approximate surface area is 240 Å². The maximum absolute atomic E-state index is 16.2. The van der Waals surface area contributed by atoms with Gasteiger partial charge in [-0.1, -0.05) is 25.1 Å². The van der Waals surface area contributed by atoms with Gasteiger partial charge in [0.2, 0.25) is 14.3 Å². The maximum Gasteiger partial charge on any atom is 0.414 e. The maximum atomic E-state index is 16.2. The third-order valence-electron chi connectivity index (χ3n) is 9.22. The predicted molar refractivity (Wildman–Crippen MR) is 153 cm³/mol. The zero-order valence-electron chi connectivity index (χ0n) is 23.6. The van der Waals surface area contributed by atoms with Gasteiger partial charge in [-0.25, -0.2) is 4.79 Å². The zero-order valence-corrected chi connectivity index (χ0v) is 24.6. The van der Waals surface area contributed by atoms with Crippen molar-refractivity contribution >= 4 is 43.4 Å². The van der Waals surface area contributed by atoms with Crippen molar-refractivity contribution in [1.29, 1.82) is 0 Å². The van der Waals surface area contributed by atoms with E-state index in [1.807, 2.05) is 37.3 Å². The highest BCUT2D eigenvalue weighted by atomic mass is 28.4. The van der Waals surface area contributed by atoms with Crippen LogP contribution in [-0.4, -0.2) is 74.8 Å². The molecule has 9 nitrogen and oxygen atoms in total. The Bertz CT molecular complexity index is 1370. The Balaban J connectivity index is 1.46. The number of hydrogen-bond acceptors (Lipinski definition) is 6. The minimum Gasteiger partial charge on any atom is -0.447 e. The van der Waals surface area contributed by atoms with Gasteiger partial charge in [-0.15, -0.1) is 0 Å². The molecule has 11 heteroatoms. The number of nitrogens with zero attached hydrogens (tertiary/aromatic N) is 3. The first kappa shape index (κ1) is 27.9. The summed E-state index contributed by atoms with van der Waals surface area (Å²) in [6.45, 7) is 6.12. The lowest BCUT2D eigenvalue weighted by Crippen LogP contribution is -2.44. The number of fused-ring (bicyclic) bond motifs is 2. The summed E-state index contributed by atoms with van der Waals surface area (Å²) in [6, 6.07) is 14.3. The van der Waals surface area contributed by atoms with E-state index >= 15 is 4.11 Å². The third-order valence-corrected chi connectivity index (χ3v) is 11.7. The first-order valence-electron chi connectivity index (χ1n) is 14.3. The van der Waals surface area contributed by atoms with Crippen molar-refractivity contribution in [2.24, 2.45) is 5.92 Å². The van der Waals surface area contributed by atoms with Crippen molar-refractivity contribution in [2.75, 3.05) is 36.1 Å². The lowest BCUT2D eigenvalue weighted by molar-refractivity contribution is -0.149. The van der Waals surface area contributed by atoms with Gasteiger partial charge in [0, 0.05) is 34.9 Å². The van der Waals surface area contributed by atoms with Crippen molar-refractivity contribution in [3.05, 3.63) is 54.1 Å². The molecule has 3 saturated heterocycles. The van der Waals surface area contributed by atoms with Gasteiger partial charge in [-0.3, -0.25) is 19.4 Å². The molecule has 0 aliphatic carbocycles. The van der Waals surface area contributed by atoms with E-state index < -0.39 is 37.7 Å². The van der Waals surface area contributed by atoms with E-state index in [-0.39, 0.29) is 37.5 Å². The van der Waals surface area contributed by atoms with Crippen molar-refractivity contribution < 1.29 is 33.1 Å². The monoisotopic (exact) mass is 581 g/mol. The summed E-state index contributed by atoms with van der Waals surface area (Å²) < 4.78 is 28.1. The molecule has 0 aromatic heterocycles. The predicted octanol–water partition coefficient (Wildman–Crippen LogP) is 4.47. The van der Waals surface area contributed by atoms with Crippen molar-refractivity contribution in [2.45, 2.75) is 62.6 Å². The number of rotatable bonds is 6. The van der Waals surface area contributed by atoms with Gasteiger partial charge in [-0.05, 0) is 56.3 Å². The molecular weight excluding hydrogens is 545 g/mol. The smallest absolute Gasteiger partial charge is 0.414 e. The molecule has 2 aromatic rings. The second kappa shape index (κ2) is 10.2. The lowest BCUT2D eigenvalue weighted by atomic mass is 9.82. The van der Waals surface area contributed by atoms with E-state index in [1.54, 1.807) is 41.1 Å². The summed E-state index contributed by atoms with van der Waals surface area (Å²) >= 11 is 0. The standard InChI is InChI=1S/C30H36FN3O6Si/c1-19-27(41(2,3)31)25(17-26(36)32-13-7-10-22(32)18-35)40-30(19)23-16-21(33-14-15-39-29(33)38)11-12-24(23)34(28(30)37)20-8-5-4-6-9-20/h4-6,8-9,11-12,16,19,22,25,27,35H,7,10,13-15,17-18H2,1-3H3/t19-,22-,25+,27-,30+/m0/s1. The number of likely N-dealkylation sites (tertiary alicyclic amines) is 1. The molecule has 1 N–H and O–H groups in total. The van der Waals surface area contributed by atoms with Crippen LogP contribution in [0, 0.1) is 5.92 Å². The van der Waals surface area contributed by atoms with Gasteiger partial charge >= 0.3 is 6.09 Å². The molecule has 3 fully saturated rings. The minimum atomic E-state index is -3.48. The van der Waals surface area contributed by atoms with Crippen molar-refractivity contribution in [3.63, 3.8) is 0 Å². The number of hydrogen-bond donors (Lipinski definition) is 1. The number of aliphatic hydroxyl groups excluding tert-OH is 1. The fourth-order valence-corrected chi connectivity index (χ4v) is 9.93. The highest BCUT2D eigenvalue weighted by Gasteiger charge is 2.67. The number of para-hydroxylation sites is 1. The first-order valence-corrected chi connectivity index (χ1v) is 17.3. The normalized spacial score (nSPS) is 29.5. The fraction of sp³-hybridized carbons (Fsp3) is 0.500. The topological polar surface area (TPSA) is 99.6 Å². The van der Waals surface area contributed by atoms with Crippen LogP contribution in [0.1, 0.15) is 31.7 Å². The number of aliphatic hydroxyl groups is 1. The van der Waals surface area contributed by atoms with Crippen LogP contribution in [0.25, 0.3) is 0 Å². The molecule has 6 rings (SSSR count). The molecule has 4 heterocycles. The number of halogens is 1. The average molecular weight is 582 g/mol. The van der Waals surface area contributed by atoms with E-state index in [1.165, 1.54) is 4.90 Å². The number of carbonyl (C=O) groups excluding carboxylic acids is 3. The Morgan fingerprint density at radius 2 is 1.88 bits per heavy atom. The van der Waals surface area contributed by atoms with Gasteiger partial charge < -0.3 is 23.6 Å². The molecule has 0 radical (unpaired) electrons. The molecule has 0 bridgehead atoms. The van der Waals surface area contributed by atoms with Gasteiger partial charge in [0.05, 0.1) is 37.4 Å². The van der Waals surface area contributed by atoms with Gasteiger partial charge in [0.15, 0.2) is 5.60 Å². The van der Waals surface area contributed by atoms with Gasteiger partial charge in [0.1, 0.15) is 6.61 Å². The molecule has 0 saturated carbocycles. The zero-order chi connectivity index (χ0) is 29.1. The van der Waals surface area contributed by atoms with Crippen LogP contribution in [0.2, 0.25) is 18.6 Å². The average Bonchev–Trinajstić information content (AvgIpc) is 3.70. The molecule has 0 unspecified atom stereocenters. The molecular formula is C30H36FN3O6Si. The van der Waals surface area contributed by atoms with Crippen LogP contribution in [0.4, 0.5) is 26.0 Å². The number of ether oxygens (including phenoxy) is 2. The summed E-state index contributed by atoms with van der Waals surface area (Å²) in [7, 11) is -3.48. The molecule has 4 aliphatic heterocycles. The highest BCUT2D eigenvalue weighted by Crippen LogP contribution is 2.61. The Morgan fingerprint density at radius 1 is 1.12 bits per heavy atom. The van der Waals surface area contributed by atoms with Crippen LogP contribution in [0.3, 0.4) is 0 Å². The van der Waals surface area contributed by atoms with E-state index in [0.717, 1.165) is 12.8 Å². The molecule has 3 amide bonds. The molecule has 2 aromatic carbocycles. The first-order chi connectivity index (χ1) is 19.6. The molecule has 5 atom stereocenters. The minimum absolute atomic E-state index is 0.0697.